The number of allylic oxidation sites excluding steroid dienone is 2. The first-order valence-electron chi connectivity index (χ1n) is 6.09. The molecule has 0 spiro atoms. The van der Waals surface area contributed by atoms with Gasteiger partial charge in [-0.25, -0.2) is 0 Å². The number of nitrogens with one attached hydrogen (secondary N) is 2. The van der Waals surface area contributed by atoms with E-state index in [2.05, 4.69) is 10.6 Å². The van der Waals surface area contributed by atoms with Crippen molar-refractivity contribution in [2.24, 2.45) is 11.5 Å². The lowest BCUT2D eigenvalue weighted by Gasteiger charge is -2.10. The van der Waals surface area contributed by atoms with E-state index < -0.39 is 5.91 Å². The Hall–Kier alpha value is -2.96. The minimum Gasteiger partial charge on any atom is -0.483 e. The summed E-state index contributed by atoms with van der Waals surface area (Å²) in [6.45, 7) is 1.36. The van der Waals surface area contributed by atoms with Gasteiger partial charge >= 0.3 is 0 Å². The van der Waals surface area contributed by atoms with Crippen LogP contribution in [0.1, 0.15) is 17.3 Å². The summed E-state index contributed by atoms with van der Waals surface area (Å²) < 4.78 is 4.73. The van der Waals surface area contributed by atoms with E-state index in [1.165, 1.54) is 26.2 Å². The van der Waals surface area contributed by atoms with Crippen LogP contribution in [0.5, 0.6) is 0 Å². The fourth-order valence-corrected chi connectivity index (χ4v) is 1.46. The number of nitrogens with two attached hydrogens (primary N) is 2. The normalized spacial score (nSPS) is 11.7. The van der Waals surface area contributed by atoms with Gasteiger partial charge in [0.25, 0.3) is 5.91 Å². The molecule has 21 heavy (non-hydrogen) atoms. The quantitative estimate of drug-likeness (QED) is 0.468. The van der Waals surface area contributed by atoms with Crippen molar-refractivity contribution in [2.45, 2.75) is 6.92 Å². The Balaban J connectivity index is 2.87. The van der Waals surface area contributed by atoms with Crippen LogP contribution in [0.25, 0.3) is 0 Å². The van der Waals surface area contributed by atoms with Crippen LogP contribution in [0.2, 0.25) is 0 Å². The van der Waals surface area contributed by atoms with Gasteiger partial charge in [0.1, 0.15) is 5.82 Å². The van der Waals surface area contributed by atoms with E-state index in [1.807, 2.05) is 0 Å². The molecule has 0 aromatic heterocycles. The highest BCUT2D eigenvalue weighted by Crippen LogP contribution is 2.14. The Kier molecular flexibility index (Phi) is 5.81. The van der Waals surface area contributed by atoms with E-state index >= 15 is 0 Å². The van der Waals surface area contributed by atoms with Crippen LogP contribution < -0.4 is 22.1 Å². The van der Waals surface area contributed by atoms with Crippen molar-refractivity contribution in [3.63, 3.8) is 0 Å². The minimum atomic E-state index is -0.447. The summed E-state index contributed by atoms with van der Waals surface area (Å²) in [7, 11) is 1.41. The van der Waals surface area contributed by atoms with Gasteiger partial charge in [0.15, 0.2) is 5.88 Å². The van der Waals surface area contributed by atoms with Gasteiger partial charge in [-0.15, -0.1) is 0 Å². The number of para-hydroxylation sites is 1. The zero-order chi connectivity index (χ0) is 15.8. The fourth-order valence-electron chi connectivity index (χ4n) is 1.46. The largest absolute Gasteiger partial charge is 0.483 e. The monoisotopic (exact) mass is 290 g/mol. The number of benzene rings is 1. The third kappa shape index (κ3) is 5.27. The summed E-state index contributed by atoms with van der Waals surface area (Å²) in [5, 5.41) is 5.06. The lowest BCUT2D eigenvalue weighted by atomic mass is 10.1. The standard InChI is InChI=1S/C14H18N4O3/c1-9(19)17-11-6-4-3-5-10(11)14(20)18-12(15)7-8-13(16)21-2/h3-8H,15-16H2,1-2H3,(H,17,19)(H,18,20)/b12-7+,13-8+. The van der Waals surface area contributed by atoms with E-state index in [0.29, 0.717) is 11.3 Å². The van der Waals surface area contributed by atoms with Crippen LogP contribution in [-0.4, -0.2) is 18.9 Å². The first-order chi connectivity index (χ1) is 9.93. The molecule has 7 heteroatoms. The third-order valence-corrected chi connectivity index (χ3v) is 2.40. The summed E-state index contributed by atoms with van der Waals surface area (Å²) in [5.41, 5.74) is 11.8. The minimum absolute atomic E-state index is 0.0950. The van der Waals surface area contributed by atoms with E-state index in [-0.39, 0.29) is 17.6 Å². The number of amides is 2. The molecule has 112 valence electrons. The first-order valence-corrected chi connectivity index (χ1v) is 6.09. The Morgan fingerprint density at radius 3 is 2.48 bits per heavy atom. The Labute approximate surface area is 122 Å². The lowest BCUT2D eigenvalue weighted by Crippen LogP contribution is -2.28. The summed E-state index contributed by atoms with van der Waals surface area (Å²) in [6.07, 6.45) is 2.81. The van der Waals surface area contributed by atoms with Crippen LogP contribution in [-0.2, 0) is 9.53 Å². The molecule has 0 aliphatic carbocycles. The number of ether oxygens (including phenoxy) is 1. The maximum absolute atomic E-state index is 12.1. The topological polar surface area (TPSA) is 119 Å². The fraction of sp³-hybridized carbons (Fsp3) is 0.143. The molecule has 0 heterocycles. The van der Waals surface area contributed by atoms with Crippen molar-refractivity contribution in [3.05, 3.63) is 53.7 Å². The molecule has 0 aliphatic heterocycles. The number of carbonyl (C=O) groups is 2. The molecule has 0 aliphatic rings. The number of rotatable bonds is 5. The van der Waals surface area contributed by atoms with Crippen molar-refractivity contribution in [2.75, 3.05) is 12.4 Å². The Bertz CT molecular complexity index is 594. The zero-order valence-corrected chi connectivity index (χ0v) is 11.8. The van der Waals surface area contributed by atoms with Crippen LogP contribution in [0.3, 0.4) is 0 Å². The molecule has 1 rings (SSSR count). The molecule has 0 fully saturated rings. The van der Waals surface area contributed by atoms with E-state index in [9.17, 15) is 9.59 Å². The Morgan fingerprint density at radius 2 is 1.86 bits per heavy atom. The SMILES string of the molecule is CO/C(N)=C/C=C(\N)NC(=O)c1ccccc1NC(C)=O. The van der Waals surface area contributed by atoms with Gasteiger partial charge in [-0.2, -0.15) is 0 Å². The van der Waals surface area contributed by atoms with Gasteiger partial charge in [0.05, 0.1) is 18.4 Å². The van der Waals surface area contributed by atoms with Crippen molar-refractivity contribution in [1.29, 1.82) is 0 Å². The number of methoxy groups -OCH3 is 1. The van der Waals surface area contributed by atoms with Crippen LogP contribution in [0.4, 0.5) is 5.69 Å². The summed E-state index contributed by atoms with van der Waals surface area (Å²) in [4.78, 5) is 23.2. The van der Waals surface area contributed by atoms with Crippen LogP contribution in [0, 0.1) is 0 Å². The highest BCUT2D eigenvalue weighted by atomic mass is 16.5. The van der Waals surface area contributed by atoms with E-state index in [4.69, 9.17) is 16.2 Å². The number of hydrogen-bond donors (Lipinski definition) is 4. The maximum Gasteiger partial charge on any atom is 0.258 e. The smallest absolute Gasteiger partial charge is 0.258 e. The highest BCUT2D eigenvalue weighted by molar-refractivity contribution is 6.03. The molecule has 1 aromatic carbocycles. The van der Waals surface area contributed by atoms with Gasteiger partial charge in [-0.1, -0.05) is 12.1 Å². The van der Waals surface area contributed by atoms with Crippen LogP contribution in [0.15, 0.2) is 48.1 Å². The van der Waals surface area contributed by atoms with Crippen molar-refractivity contribution in [1.82, 2.24) is 5.32 Å². The second-order valence-corrected chi connectivity index (χ2v) is 4.08. The first kappa shape index (κ1) is 16.1. The summed E-state index contributed by atoms with van der Waals surface area (Å²) >= 11 is 0. The molecule has 0 saturated carbocycles. The predicted octanol–water partition coefficient (Wildman–Crippen LogP) is 0.621. The molecule has 7 nitrogen and oxygen atoms in total. The highest BCUT2D eigenvalue weighted by Gasteiger charge is 2.11. The molecular weight excluding hydrogens is 272 g/mol. The second-order valence-electron chi connectivity index (χ2n) is 4.08. The van der Waals surface area contributed by atoms with Gasteiger partial charge in [0, 0.05) is 13.0 Å². The average molecular weight is 290 g/mol. The molecule has 2 amide bonds. The Morgan fingerprint density at radius 1 is 1.19 bits per heavy atom. The molecule has 6 N–H and O–H groups in total. The van der Waals surface area contributed by atoms with Gasteiger partial charge in [-0.3, -0.25) is 9.59 Å². The van der Waals surface area contributed by atoms with E-state index in [1.54, 1.807) is 24.3 Å². The summed E-state index contributed by atoms with van der Waals surface area (Å²) in [6, 6.07) is 6.60. The molecule has 0 unspecified atom stereocenters. The predicted molar refractivity (Wildman–Crippen MR) is 79.8 cm³/mol. The molecular formula is C14H18N4O3. The number of anilines is 1. The van der Waals surface area contributed by atoms with Crippen molar-refractivity contribution in [3.8, 4) is 0 Å². The molecule has 0 saturated heterocycles. The van der Waals surface area contributed by atoms with Crippen LogP contribution >= 0.6 is 0 Å². The zero-order valence-electron chi connectivity index (χ0n) is 11.8. The summed E-state index contributed by atoms with van der Waals surface area (Å²) in [5.74, 6) is -0.462. The molecule has 0 bridgehead atoms. The number of carbonyl (C=O) groups excluding carboxylic acids is 2. The number of hydrogen-bond acceptors (Lipinski definition) is 5. The molecule has 1 aromatic rings. The third-order valence-electron chi connectivity index (χ3n) is 2.40. The lowest BCUT2D eigenvalue weighted by molar-refractivity contribution is -0.114. The van der Waals surface area contributed by atoms with Gasteiger partial charge in [-0.05, 0) is 18.2 Å². The van der Waals surface area contributed by atoms with Crippen molar-refractivity contribution < 1.29 is 14.3 Å². The second kappa shape index (κ2) is 7.59. The van der Waals surface area contributed by atoms with E-state index in [0.717, 1.165) is 0 Å². The van der Waals surface area contributed by atoms with Gasteiger partial charge < -0.3 is 26.8 Å². The maximum atomic E-state index is 12.1. The van der Waals surface area contributed by atoms with Gasteiger partial charge in [0.2, 0.25) is 5.91 Å². The van der Waals surface area contributed by atoms with Crippen molar-refractivity contribution >= 4 is 17.5 Å². The molecule has 0 atom stereocenters. The molecule has 0 radical (unpaired) electrons. The average Bonchev–Trinajstić information content (AvgIpc) is 2.44.